The van der Waals surface area contributed by atoms with Crippen molar-refractivity contribution >= 4 is 0 Å². The number of hydrogen-bond acceptors (Lipinski definition) is 1. The Morgan fingerprint density at radius 3 is 2.06 bits per heavy atom. The van der Waals surface area contributed by atoms with Crippen LogP contribution in [-0.4, -0.2) is 13.1 Å². The molecule has 0 amide bonds. The molecular formula is C15H33N. The Bertz CT molecular complexity index is 140. The summed E-state index contributed by atoms with van der Waals surface area (Å²) in [7, 11) is 0. The maximum atomic E-state index is 3.54. The fraction of sp³-hybridized carbons (Fsp3) is 1.00. The van der Waals surface area contributed by atoms with Crippen LogP contribution in [0.1, 0.15) is 79.1 Å². The maximum Gasteiger partial charge on any atom is 0.000251 e. The van der Waals surface area contributed by atoms with Crippen molar-refractivity contribution in [1.82, 2.24) is 5.32 Å². The van der Waals surface area contributed by atoms with Gasteiger partial charge in [-0.25, -0.2) is 0 Å². The molecule has 0 aliphatic heterocycles. The molecule has 1 N–H and O–H groups in total. The second-order valence-corrected chi connectivity index (χ2v) is 5.86. The number of nitrogens with one attached hydrogen (secondary N) is 1. The largest absolute Gasteiger partial charge is 0.316 e. The number of rotatable bonds is 11. The Hall–Kier alpha value is -0.0400. The van der Waals surface area contributed by atoms with E-state index in [0.717, 1.165) is 0 Å². The lowest BCUT2D eigenvalue weighted by atomic mass is 9.86. The van der Waals surface area contributed by atoms with Crippen LogP contribution in [0.5, 0.6) is 0 Å². The minimum absolute atomic E-state index is 0.486. The maximum absolute atomic E-state index is 3.54. The Balaban J connectivity index is 3.35. The van der Waals surface area contributed by atoms with Crippen LogP contribution in [0.25, 0.3) is 0 Å². The van der Waals surface area contributed by atoms with Crippen molar-refractivity contribution in [3.8, 4) is 0 Å². The second-order valence-electron chi connectivity index (χ2n) is 5.86. The third kappa shape index (κ3) is 10.5. The highest BCUT2D eigenvalue weighted by molar-refractivity contribution is 4.71. The van der Waals surface area contributed by atoms with Crippen LogP contribution < -0.4 is 5.32 Å². The van der Waals surface area contributed by atoms with Crippen LogP contribution >= 0.6 is 0 Å². The fourth-order valence-corrected chi connectivity index (χ4v) is 2.08. The minimum atomic E-state index is 0.486. The van der Waals surface area contributed by atoms with Gasteiger partial charge in [0.15, 0.2) is 0 Å². The molecule has 0 aromatic rings. The lowest BCUT2D eigenvalue weighted by molar-refractivity contribution is 0.301. The Labute approximate surface area is 103 Å². The second kappa shape index (κ2) is 10.1. The van der Waals surface area contributed by atoms with E-state index < -0.39 is 0 Å². The smallest absolute Gasteiger partial charge is 0.000251 e. The fourth-order valence-electron chi connectivity index (χ4n) is 2.08. The summed E-state index contributed by atoms with van der Waals surface area (Å²) in [4.78, 5) is 0. The molecule has 0 spiro atoms. The first-order valence-electron chi connectivity index (χ1n) is 7.33. The molecule has 0 radical (unpaired) electrons. The van der Waals surface area contributed by atoms with Crippen LogP contribution in [0.3, 0.4) is 0 Å². The average molecular weight is 227 g/mol. The summed E-state index contributed by atoms with van der Waals surface area (Å²) in [6, 6.07) is 0. The molecule has 0 saturated carbocycles. The standard InChI is InChI=1S/C15H33N/c1-5-7-8-9-10-11-12-15(3,4)14-16-13-6-2/h16H,5-14H2,1-4H3. The van der Waals surface area contributed by atoms with Gasteiger partial charge in [0, 0.05) is 6.54 Å². The van der Waals surface area contributed by atoms with Gasteiger partial charge < -0.3 is 5.32 Å². The van der Waals surface area contributed by atoms with Crippen molar-refractivity contribution in [1.29, 1.82) is 0 Å². The van der Waals surface area contributed by atoms with E-state index in [9.17, 15) is 0 Å². The first kappa shape index (κ1) is 16.0. The van der Waals surface area contributed by atoms with E-state index in [2.05, 4.69) is 33.0 Å². The summed E-state index contributed by atoms with van der Waals surface area (Å²) in [5.41, 5.74) is 0.486. The highest BCUT2D eigenvalue weighted by atomic mass is 14.9. The van der Waals surface area contributed by atoms with E-state index >= 15 is 0 Å². The first-order chi connectivity index (χ1) is 7.62. The molecule has 0 bridgehead atoms. The van der Waals surface area contributed by atoms with Crippen LogP contribution in [-0.2, 0) is 0 Å². The Morgan fingerprint density at radius 1 is 0.812 bits per heavy atom. The van der Waals surface area contributed by atoms with Gasteiger partial charge in [0.1, 0.15) is 0 Å². The van der Waals surface area contributed by atoms with Crippen molar-refractivity contribution in [2.75, 3.05) is 13.1 Å². The van der Waals surface area contributed by atoms with E-state index in [1.54, 1.807) is 0 Å². The molecule has 0 fully saturated rings. The third-order valence-corrected chi connectivity index (χ3v) is 3.24. The number of unbranched alkanes of at least 4 members (excludes halogenated alkanes) is 5. The molecule has 0 saturated heterocycles. The molecule has 0 aromatic carbocycles. The zero-order chi connectivity index (χ0) is 12.3. The molecule has 0 aliphatic rings. The predicted molar refractivity (Wildman–Crippen MR) is 74.9 cm³/mol. The highest BCUT2D eigenvalue weighted by Gasteiger charge is 2.16. The Morgan fingerprint density at radius 2 is 1.44 bits per heavy atom. The summed E-state index contributed by atoms with van der Waals surface area (Å²) in [5.74, 6) is 0. The molecule has 0 heterocycles. The van der Waals surface area contributed by atoms with Crippen molar-refractivity contribution in [2.24, 2.45) is 5.41 Å². The SMILES string of the molecule is CCCCCCCCC(C)(C)CNCCC. The topological polar surface area (TPSA) is 12.0 Å². The summed E-state index contributed by atoms with van der Waals surface area (Å²) >= 11 is 0. The lowest BCUT2D eigenvalue weighted by Gasteiger charge is -2.25. The van der Waals surface area contributed by atoms with Crippen molar-refractivity contribution in [3.63, 3.8) is 0 Å². The molecule has 16 heavy (non-hydrogen) atoms. The summed E-state index contributed by atoms with van der Waals surface area (Å²) in [6.07, 6.45) is 11.1. The van der Waals surface area contributed by atoms with E-state index in [0.29, 0.717) is 5.41 Å². The van der Waals surface area contributed by atoms with E-state index in [1.165, 1.54) is 64.5 Å². The molecule has 0 aliphatic carbocycles. The molecule has 0 rings (SSSR count). The Kier molecular flexibility index (Phi) is 10.1. The summed E-state index contributed by atoms with van der Waals surface area (Å²) in [6.45, 7) is 11.6. The summed E-state index contributed by atoms with van der Waals surface area (Å²) in [5, 5.41) is 3.54. The van der Waals surface area contributed by atoms with Gasteiger partial charge in [-0.3, -0.25) is 0 Å². The average Bonchev–Trinajstić information content (AvgIpc) is 2.23. The molecule has 1 heteroatoms. The van der Waals surface area contributed by atoms with E-state index in [4.69, 9.17) is 0 Å². The number of hydrogen-bond donors (Lipinski definition) is 1. The zero-order valence-electron chi connectivity index (χ0n) is 12.1. The van der Waals surface area contributed by atoms with Gasteiger partial charge in [-0.1, -0.05) is 66.2 Å². The molecule has 1 nitrogen and oxygen atoms in total. The van der Waals surface area contributed by atoms with E-state index in [-0.39, 0.29) is 0 Å². The van der Waals surface area contributed by atoms with Gasteiger partial charge >= 0.3 is 0 Å². The molecule has 98 valence electrons. The predicted octanol–water partition coefficient (Wildman–Crippen LogP) is 4.76. The van der Waals surface area contributed by atoms with Gasteiger partial charge in [-0.05, 0) is 24.8 Å². The van der Waals surface area contributed by atoms with Crippen molar-refractivity contribution in [3.05, 3.63) is 0 Å². The quantitative estimate of drug-likeness (QED) is 0.502. The van der Waals surface area contributed by atoms with Gasteiger partial charge in [0.05, 0.1) is 0 Å². The van der Waals surface area contributed by atoms with Gasteiger partial charge in [-0.2, -0.15) is 0 Å². The van der Waals surface area contributed by atoms with Gasteiger partial charge in [0.25, 0.3) is 0 Å². The minimum Gasteiger partial charge on any atom is -0.316 e. The van der Waals surface area contributed by atoms with Crippen LogP contribution in [0.4, 0.5) is 0 Å². The lowest BCUT2D eigenvalue weighted by Crippen LogP contribution is -2.29. The molecule has 0 aromatic heterocycles. The van der Waals surface area contributed by atoms with Crippen LogP contribution in [0.2, 0.25) is 0 Å². The van der Waals surface area contributed by atoms with Crippen LogP contribution in [0, 0.1) is 5.41 Å². The molecule has 0 atom stereocenters. The highest BCUT2D eigenvalue weighted by Crippen LogP contribution is 2.23. The van der Waals surface area contributed by atoms with E-state index in [1.807, 2.05) is 0 Å². The molecule has 0 unspecified atom stereocenters. The molecular weight excluding hydrogens is 194 g/mol. The zero-order valence-corrected chi connectivity index (χ0v) is 12.1. The van der Waals surface area contributed by atoms with Crippen molar-refractivity contribution < 1.29 is 0 Å². The van der Waals surface area contributed by atoms with Crippen molar-refractivity contribution in [2.45, 2.75) is 79.1 Å². The monoisotopic (exact) mass is 227 g/mol. The van der Waals surface area contributed by atoms with Crippen LogP contribution in [0.15, 0.2) is 0 Å². The summed E-state index contributed by atoms with van der Waals surface area (Å²) < 4.78 is 0. The van der Waals surface area contributed by atoms with Gasteiger partial charge in [-0.15, -0.1) is 0 Å². The normalized spacial score (nSPS) is 12.0. The first-order valence-corrected chi connectivity index (χ1v) is 7.33. The van der Waals surface area contributed by atoms with Gasteiger partial charge in [0.2, 0.25) is 0 Å². The third-order valence-electron chi connectivity index (χ3n) is 3.24.